The Morgan fingerprint density at radius 2 is 1.92 bits per heavy atom. The Balaban J connectivity index is 1.88. The lowest BCUT2D eigenvalue weighted by Gasteiger charge is -2.33. The van der Waals surface area contributed by atoms with Crippen LogP contribution in [0.3, 0.4) is 0 Å². The molecule has 1 aromatic carbocycles. The quantitative estimate of drug-likeness (QED) is 0.779. The Hall–Kier alpha value is -2.24. The van der Waals surface area contributed by atoms with Gasteiger partial charge in [0.15, 0.2) is 0 Å². The van der Waals surface area contributed by atoms with Crippen LogP contribution in [0, 0.1) is 11.7 Å². The molecular weight excluding hydrogens is 311 g/mol. The van der Waals surface area contributed by atoms with E-state index in [1.54, 1.807) is 4.90 Å². The van der Waals surface area contributed by atoms with Gasteiger partial charge in [-0.3, -0.25) is 14.4 Å². The molecule has 0 aromatic heterocycles. The van der Waals surface area contributed by atoms with Crippen LogP contribution in [0.4, 0.5) is 10.1 Å². The molecule has 1 saturated carbocycles. The molecule has 0 radical (unpaired) electrons. The number of imide groups is 1. The number of rotatable bonds is 5. The average molecular weight is 332 g/mol. The van der Waals surface area contributed by atoms with Crippen LogP contribution in [0.15, 0.2) is 24.3 Å². The standard InChI is InChI=1S/C18H21FN2O3/c1-3-11(2)20(17(23)12-4-5-12)15-10-16(22)21(18(15)24)14-8-6-13(19)7-9-14/h6-9,11-12,15H,3-5,10H2,1-2H3. The van der Waals surface area contributed by atoms with Gasteiger partial charge >= 0.3 is 0 Å². The van der Waals surface area contributed by atoms with Crippen LogP contribution in [-0.4, -0.2) is 34.7 Å². The topological polar surface area (TPSA) is 57.7 Å². The van der Waals surface area contributed by atoms with Crippen LogP contribution in [0.5, 0.6) is 0 Å². The maximum atomic E-state index is 13.1. The van der Waals surface area contributed by atoms with Crippen molar-refractivity contribution in [3.05, 3.63) is 30.1 Å². The molecular formula is C18H21FN2O3. The summed E-state index contributed by atoms with van der Waals surface area (Å²) in [5, 5.41) is 0. The Bertz CT molecular complexity index is 669. The van der Waals surface area contributed by atoms with E-state index in [4.69, 9.17) is 0 Å². The van der Waals surface area contributed by atoms with Crippen molar-refractivity contribution in [2.45, 2.75) is 51.6 Å². The second-order valence-electron chi connectivity index (χ2n) is 6.54. The first-order valence-corrected chi connectivity index (χ1v) is 8.38. The molecule has 2 unspecified atom stereocenters. The minimum atomic E-state index is -0.759. The van der Waals surface area contributed by atoms with Crippen molar-refractivity contribution < 1.29 is 18.8 Å². The Morgan fingerprint density at radius 1 is 1.29 bits per heavy atom. The molecule has 0 spiro atoms. The zero-order valence-electron chi connectivity index (χ0n) is 13.9. The molecule has 1 aliphatic heterocycles. The molecule has 1 heterocycles. The summed E-state index contributed by atoms with van der Waals surface area (Å²) in [6.07, 6.45) is 2.40. The summed E-state index contributed by atoms with van der Waals surface area (Å²) < 4.78 is 13.1. The zero-order chi connectivity index (χ0) is 17.4. The number of carbonyl (C=O) groups excluding carboxylic acids is 3. The second kappa shape index (κ2) is 6.34. The number of anilines is 1. The predicted molar refractivity (Wildman–Crippen MR) is 86.6 cm³/mol. The Morgan fingerprint density at radius 3 is 2.46 bits per heavy atom. The summed E-state index contributed by atoms with van der Waals surface area (Å²) in [6.45, 7) is 3.86. The molecule has 3 amide bonds. The molecule has 3 rings (SSSR count). The van der Waals surface area contributed by atoms with Gasteiger partial charge in [-0.05, 0) is 50.5 Å². The maximum Gasteiger partial charge on any atom is 0.257 e. The van der Waals surface area contributed by atoms with E-state index in [0.29, 0.717) is 12.1 Å². The number of amides is 3. The number of halogens is 1. The van der Waals surface area contributed by atoms with Gasteiger partial charge in [-0.1, -0.05) is 6.92 Å². The zero-order valence-corrected chi connectivity index (χ0v) is 13.9. The van der Waals surface area contributed by atoms with Crippen molar-refractivity contribution in [1.29, 1.82) is 0 Å². The second-order valence-corrected chi connectivity index (χ2v) is 6.54. The first kappa shape index (κ1) is 16.6. The number of hydrogen-bond donors (Lipinski definition) is 0. The van der Waals surface area contributed by atoms with Crippen molar-refractivity contribution in [3.8, 4) is 0 Å². The van der Waals surface area contributed by atoms with Gasteiger partial charge in [0.25, 0.3) is 5.91 Å². The SMILES string of the molecule is CCC(C)N(C(=O)C1CC1)C1CC(=O)N(c2ccc(F)cc2)C1=O. The molecule has 2 fully saturated rings. The van der Waals surface area contributed by atoms with E-state index in [2.05, 4.69) is 0 Å². The summed E-state index contributed by atoms with van der Waals surface area (Å²) in [7, 11) is 0. The van der Waals surface area contributed by atoms with Crippen LogP contribution in [0.25, 0.3) is 0 Å². The molecule has 5 nitrogen and oxygen atoms in total. The molecule has 1 aromatic rings. The van der Waals surface area contributed by atoms with Gasteiger partial charge < -0.3 is 4.90 Å². The number of benzene rings is 1. The number of nitrogens with zero attached hydrogens (tertiary/aromatic N) is 2. The number of hydrogen-bond acceptors (Lipinski definition) is 3. The molecule has 128 valence electrons. The van der Waals surface area contributed by atoms with Crippen molar-refractivity contribution in [3.63, 3.8) is 0 Å². The summed E-state index contributed by atoms with van der Waals surface area (Å²) in [4.78, 5) is 40.5. The van der Waals surface area contributed by atoms with E-state index >= 15 is 0 Å². The molecule has 2 aliphatic rings. The first-order chi connectivity index (χ1) is 11.4. The Kier molecular flexibility index (Phi) is 4.39. The lowest BCUT2D eigenvalue weighted by atomic mass is 10.1. The normalized spacial score (nSPS) is 22.0. The van der Waals surface area contributed by atoms with E-state index < -0.39 is 17.8 Å². The van der Waals surface area contributed by atoms with Crippen molar-refractivity contribution in [2.24, 2.45) is 5.92 Å². The molecule has 24 heavy (non-hydrogen) atoms. The molecule has 0 N–H and O–H groups in total. The van der Waals surface area contributed by atoms with E-state index in [9.17, 15) is 18.8 Å². The monoisotopic (exact) mass is 332 g/mol. The van der Waals surface area contributed by atoms with E-state index in [1.807, 2.05) is 13.8 Å². The summed E-state index contributed by atoms with van der Waals surface area (Å²) in [6, 6.07) is 4.38. The fraction of sp³-hybridized carbons (Fsp3) is 0.500. The van der Waals surface area contributed by atoms with Gasteiger partial charge in [-0.15, -0.1) is 0 Å². The predicted octanol–water partition coefficient (Wildman–Crippen LogP) is 2.49. The fourth-order valence-corrected chi connectivity index (χ4v) is 3.11. The fourth-order valence-electron chi connectivity index (χ4n) is 3.11. The van der Waals surface area contributed by atoms with Gasteiger partial charge in [0.05, 0.1) is 12.1 Å². The average Bonchev–Trinajstić information content (AvgIpc) is 3.36. The maximum absolute atomic E-state index is 13.1. The van der Waals surface area contributed by atoms with E-state index in [0.717, 1.165) is 17.7 Å². The van der Waals surface area contributed by atoms with Crippen LogP contribution in [0.2, 0.25) is 0 Å². The molecule has 6 heteroatoms. The van der Waals surface area contributed by atoms with Crippen LogP contribution < -0.4 is 4.90 Å². The molecule has 0 bridgehead atoms. The summed E-state index contributed by atoms with van der Waals surface area (Å²) in [5.41, 5.74) is 0.344. The van der Waals surface area contributed by atoms with E-state index in [1.165, 1.54) is 24.3 Å². The van der Waals surface area contributed by atoms with Crippen LogP contribution >= 0.6 is 0 Å². The summed E-state index contributed by atoms with van der Waals surface area (Å²) >= 11 is 0. The van der Waals surface area contributed by atoms with Crippen molar-refractivity contribution in [1.82, 2.24) is 4.90 Å². The van der Waals surface area contributed by atoms with Crippen LogP contribution in [-0.2, 0) is 14.4 Å². The largest absolute Gasteiger partial charge is 0.327 e. The highest BCUT2D eigenvalue weighted by molar-refractivity contribution is 6.23. The summed E-state index contributed by atoms with van der Waals surface area (Å²) in [5.74, 6) is -1.23. The van der Waals surface area contributed by atoms with E-state index in [-0.39, 0.29) is 30.2 Å². The third kappa shape index (κ3) is 2.92. The molecule has 2 atom stereocenters. The molecule has 1 aliphatic carbocycles. The highest BCUT2D eigenvalue weighted by atomic mass is 19.1. The van der Waals surface area contributed by atoms with Gasteiger partial charge in [-0.25, -0.2) is 9.29 Å². The third-order valence-corrected chi connectivity index (χ3v) is 4.79. The number of carbonyl (C=O) groups is 3. The minimum Gasteiger partial charge on any atom is -0.327 e. The van der Waals surface area contributed by atoms with Gasteiger partial charge in [0.2, 0.25) is 11.8 Å². The van der Waals surface area contributed by atoms with Gasteiger partial charge in [0.1, 0.15) is 11.9 Å². The Labute approximate surface area is 140 Å². The molecule has 1 saturated heterocycles. The smallest absolute Gasteiger partial charge is 0.257 e. The van der Waals surface area contributed by atoms with Gasteiger partial charge in [-0.2, -0.15) is 0 Å². The van der Waals surface area contributed by atoms with Crippen molar-refractivity contribution >= 4 is 23.4 Å². The van der Waals surface area contributed by atoms with Gasteiger partial charge in [0, 0.05) is 12.0 Å². The third-order valence-electron chi connectivity index (χ3n) is 4.79. The lowest BCUT2D eigenvalue weighted by molar-refractivity contribution is -0.141. The first-order valence-electron chi connectivity index (χ1n) is 8.38. The van der Waals surface area contributed by atoms with Crippen LogP contribution in [0.1, 0.15) is 39.5 Å². The lowest BCUT2D eigenvalue weighted by Crippen LogP contribution is -2.50. The highest BCUT2D eigenvalue weighted by Gasteiger charge is 2.47. The van der Waals surface area contributed by atoms with Crippen molar-refractivity contribution in [2.75, 3.05) is 4.90 Å². The minimum absolute atomic E-state index is 0.0122. The highest BCUT2D eigenvalue weighted by Crippen LogP contribution is 2.35.